The van der Waals surface area contributed by atoms with Crippen molar-refractivity contribution in [2.45, 2.75) is 32.4 Å². The van der Waals surface area contributed by atoms with E-state index in [0.717, 1.165) is 19.4 Å². The Balaban J connectivity index is 1.87. The largest absolute Gasteiger partial charge is 0.467 e. The summed E-state index contributed by atoms with van der Waals surface area (Å²) in [5.41, 5.74) is 8.60. The topological polar surface area (TPSA) is 59.5 Å². The molecule has 2 N–H and O–H groups in total. The summed E-state index contributed by atoms with van der Waals surface area (Å²) in [7, 11) is 0. The number of hydrogen-bond acceptors (Lipinski definition) is 3. The minimum atomic E-state index is 0.0317. The lowest BCUT2D eigenvalue weighted by molar-refractivity contribution is 0.0734. The zero-order valence-electron chi connectivity index (χ0n) is 12.2. The summed E-state index contributed by atoms with van der Waals surface area (Å²) in [5.74, 6) is 0.675. The van der Waals surface area contributed by atoms with Crippen LogP contribution in [-0.4, -0.2) is 17.4 Å². The van der Waals surface area contributed by atoms with Crippen molar-refractivity contribution in [2.24, 2.45) is 5.73 Å². The number of nitrogens with two attached hydrogens (primary N) is 1. The highest BCUT2D eigenvalue weighted by molar-refractivity contribution is 5.94. The number of amides is 1. The van der Waals surface area contributed by atoms with Gasteiger partial charge in [-0.2, -0.15) is 0 Å². The number of hydrogen-bond donors (Lipinski definition) is 1. The molecule has 1 aromatic heterocycles. The zero-order chi connectivity index (χ0) is 14.8. The molecule has 2 aromatic rings. The Morgan fingerprint density at radius 2 is 2.24 bits per heavy atom. The molecule has 2 heterocycles. The summed E-state index contributed by atoms with van der Waals surface area (Å²) >= 11 is 0. The van der Waals surface area contributed by atoms with Crippen molar-refractivity contribution in [3.05, 3.63) is 59.0 Å². The van der Waals surface area contributed by atoms with E-state index in [1.54, 1.807) is 6.07 Å². The Morgan fingerprint density at radius 1 is 1.43 bits per heavy atom. The molecule has 1 unspecified atom stereocenters. The van der Waals surface area contributed by atoms with Crippen LogP contribution < -0.4 is 5.73 Å². The highest BCUT2D eigenvalue weighted by Gasteiger charge is 2.31. The molecule has 4 nitrogen and oxygen atoms in total. The first-order valence-electron chi connectivity index (χ1n) is 7.34. The molecular formula is C17H20N2O2. The first-order valence-corrected chi connectivity index (χ1v) is 7.34. The lowest BCUT2D eigenvalue weighted by Gasteiger charge is -2.25. The fourth-order valence-corrected chi connectivity index (χ4v) is 3.06. The minimum absolute atomic E-state index is 0.0317. The highest BCUT2D eigenvalue weighted by atomic mass is 16.3. The van der Waals surface area contributed by atoms with Crippen LogP contribution in [0.1, 0.15) is 46.1 Å². The third-order valence-corrected chi connectivity index (χ3v) is 4.16. The van der Waals surface area contributed by atoms with Gasteiger partial charge >= 0.3 is 0 Å². The summed E-state index contributed by atoms with van der Waals surface area (Å²) in [6, 6.07) is 10.2. The highest BCUT2D eigenvalue weighted by Crippen LogP contribution is 2.34. The van der Waals surface area contributed by atoms with Crippen LogP contribution in [0, 0.1) is 6.92 Å². The fraction of sp³-hybridized carbons (Fsp3) is 0.353. The minimum Gasteiger partial charge on any atom is -0.467 e. The number of benzene rings is 1. The molecule has 1 fully saturated rings. The molecule has 0 radical (unpaired) electrons. The number of furan rings is 1. The van der Waals surface area contributed by atoms with Gasteiger partial charge in [0.25, 0.3) is 5.91 Å². The average Bonchev–Trinajstić information content (AvgIpc) is 3.16. The predicted octanol–water partition coefficient (Wildman–Crippen LogP) is 3.02. The van der Waals surface area contributed by atoms with Crippen LogP contribution in [0.5, 0.6) is 0 Å². The first kappa shape index (κ1) is 13.9. The molecule has 0 bridgehead atoms. The number of carbonyl (C=O) groups excluding carboxylic acids is 1. The number of aryl methyl sites for hydroxylation is 1. The summed E-state index contributed by atoms with van der Waals surface area (Å²) in [4.78, 5) is 14.6. The van der Waals surface area contributed by atoms with Crippen LogP contribution in [0.4, 0.5) is 0 Å². The lowest BCUT2D eigenvalue weighted by Crippen LogP contribution is -2.30. The van der Waals surface area contributed by atoms with Gasteiger partial charge in [-0.15, -0.1) is 0 Å². The SMILES string of the molecule is Cc1ccccc1C1CCCN1C(=O)c1coc(CN)c1. The Hall–Kier alpha value is -2.07. The number of carbonyl (C=O) groups is 1. The van der Waals surface area contributed by atoms with Crippen molar-refractivity contribution in [1.82, 2.24) is 4.90 Å². The zero-order valence-corrected chi connectivity index (χ0v) is 12.2. The van der Waals surface area contributed by atoms with Crippen LogP contribution in [0.25, 0.3) is 0 Å². The van der Waals surface area contributed by atoms with Gasteiger partial charge in [0, 0.05) is 6.54 Å². The van der Waals surface area contributed by atoms with Crippen molar-refractivity contribution in [2.75, 3.05) is 6.54 Å². The average molecular weight is 284 g/mol. The maximum atomic E-state index is 12.7. The van der Waals surface area contributed by atoms with Crippen molar-refractivity contribution < 1.29 is 9.21 Å². The third-order valence-electron chi connectivity index (χ3n) is 4.16. The second-order valence-electron chi connectivity index (χ2n) is 5.52. The second kappa shape index (κ2) is 5.74. The van der Waals surface area contributed by atoms with Crippen molar-refractivity contribution in [3.63, 3.8) is 0 Å². The molecule has 4 heteroatoms. The van der Waals surface area contributed by atoms with E-state index in [2.05, 4.69) is 19.1 Å². The third kappa shape index (κ3) is 2.59. The Kier molecular flexibility index (Phi) is 3.80. The second-order valence-corrected chi connectivity index (χ2v) is 5.52. The molecule has 0 saturated carbocycles. The molecular weight excluding hydrogens is 264 g/mol. The van der Waals surface area contributed by atoms with Gasteiger partial charge in [0.1, 0.15) is 12.0 Å². The first-order chi connectivity index (χ1) is 10.2. The normalized spacial score (nSPS) is 18.2. The molecule has 1 aromatic carbocycles. The van der Waals surface area contributed by atoms with Crippen LogP contribution in [0.3, 0.4) is 0 Å². The van der Waals surface area contributed by atoms with Crippen molar-refractivity contribution in [3.8, 4) is 0 Å². The summed E-state index contributed by atoms with van der Waals surface area (Å²) in [6.45, 7) is 3.20. The molecule has 0 spiro atoms. The van der Waals surface area contributed by atoms with Gasteiger partial charge in [-0.25, -0.2) is 0 Å². The monoisotopic (exact) mass is 284 g/mol. The van der Waals surface area contributed by atoms with Gasteiger partial charge in [0.2, 0.25) is 0 Å². The Morgan fingerprint density at radius 3 is 2.95 bits per heavy atom. The summed E-state index contributed by atoms with van der Waals surface area (Å²) in [6.07, 6.45) is 3.56. The smallest absolute Gasteiger partial charge is 0.257 e. The Labute approximate surface area is 124 Å². The summed E-state index contributed by atoms with van der Waals surface area (Å²) in [5, 5.41) is 0. The van der Waals surface area contributed by atoms with Crippen molar-refractivity contribution in [1.29, 1.82) is 0 Å². The maximum absolute atomic E-state index is 12.7. The van der Waals surface area contributed by atoms with E-state index < -0.39 is 0 Å². The van der Waals surface area contributed by atoms with Gasteiger partial charge < -0.3 is 15.1 Å². The summed E-state index contributed by atoms with van der Waals surface area (Å²) < 4.78 is 5.29. The van der Waals surface area contributed by atoms with Gasteiger partial charge in [0.05, 0.1) is 18.2 Å². The molecule has 3 rings (SSSR count). The molecule has 1 aliphatic rings. The Bertz CT molecular complexity index is 648. The molecule has 0 aliphatic carbocycles. The van der Waals surface area contributed by atoms with Gasteiger partial charge in [-0.1, -0.05) is 24.3 Å². The van der Waals surface area contributed by atoms with E-state index in [0.29, 0.717) is 17.9 Å². The van der Waals surface area contributed by atoms with Crippen LogP contribution in [-0.2, 0) is 6.54 Å². The van der Waals surface area contributed by atoms with E-state index in [1.165, 1.54) is 17.4 Å². The lowest BCUT2D eigenvalue weighted by atomic mass is 9.99. The van der Waals surface area contributed by atoms with Gasteiger partial charge in [-0.05, 0) is 37.0 Å². The van der Waals surface area contributed by atoms with Gasteiger partial charge in [-0.3, -0.25) is 4.79 Å². The standard InChI is InChI=1S/C17H20N2O2/c1-12-5-2-3-6-15(12)16-7-4-8-19(16)17(20)13-9-14(10-18)21-11-13/h2-3,5-6,9,11,16H,4,7-8,10,18H2,1H3. The molecule has 1 atom stereocenters. The predicted molar refractivity (Wildman–Crippen MR) is 80.8 cm³/mol. The molecule has 1 amide bonds. The van der Waals surface area contributed by atoms with E-state index in [4.69, 9.17) is 10.2 Å². The maximum Gasteiger partial charge on any atom is 0.257 e. The van der Waals surface area contributed by atoms with Crippen LogP contribution in [0.15, 0.2) is 41.0 Å². The number of nitrogens with zero attached hydrogens (tertiary/aromatic N) is 1. The number of rotatable bonds is 3. The van der Waals surface area contributed by atoms with E-state index in [-0.39, 0.29) is 11.9 Å². The fourth-order valence-electron chi connectivity index (χ4n) is 3.06. The van der Waals surface area contributed by atoms with Crippen LogP contribution >= 0.6 is 0 Å². The molecule has 1 saturated heterocycles. The van der Waals surface area contributed by atoms with E-state index in [1.807, 2.05) is 17.0 Å². The van der Waals surface area contributed by atoms with Crippen molar-refractivity contribution >= 4 is 5.91 Å². The van der Waals surface area contributed by atoms with E-state index >= 15 is 0 Å². The number of likely N-dealkylation sites (tertiary alicyclic amines) is 1. The quantitative estimate of drug-likeness (QED) is 0.942. The van der Waals surface area contributed by atoms with E-state index in [9.17, 15) is 4.79 Å². The van der Waals surface area contributed by atoms with Crippen LogP contribution in [0.2, 0.25) is 0 Å². The van der Waals surface area contributed by atoms with Gasteiger partial charge in [0.15, 0.2) is 0 Å². The molecule has 21 heavy (non-hydrogen) atoms. The molecule has 110 valence electrons. The molecule has 1 aliphatic heterocycles.